The van der Waals surface area contributed by atoms with Crippen molar-refractivity contribution in [2.24, 2.45) is 0 Å². The molecule has 0 unspecified atom stereocenters. The Bertz CT molecular complexity index is 200. The third-order valence-electron chi connectivity index (χ3n) is 3.38. The molecule has 0 aliphatic carbocycles. The lowest BCUT2D eigenvalue weighted by Gasteiger charge is -2.69. The van der Waals surface area contributed by atoms with Gasteiger partial charge in [-0.15, -0.1) is 0 Å². The lowest BCUT2D eigenvalue weighted by atomic mass is 10.1. The van der Waals surface area contributed by atoms with Crippen molar-refractivity contribution in [1.82, 2.24) is 19.6 Å². The molecular formula is C6H10N4. The van der Waals surface area contributed by atoms with E-state index in [2.05, 4.69) is 19.6 Å². The Hall–Kier alpha value is -0.160. The summed E-state index contributed by atoms with van der Waals surface area (Å²) < 4.78 is 0. The molecule has 4 rings (SSSR count). The molecule has 2 bridgehead atoms. The zero-order valence-corrected chi connectivity index (χ0v) is 5.82. The minimum atomic E-state index is 0.431. The summed E-state index contributed by atoms with van der Waals surface area (Å²) in [6.45, 7) is 6.13. The minimum Gasteiger partial charge on any atom is -0.273 e. The van der Waals surface area contributed by atoms with Crippen molar-refractivity contribution < 1.29 is 0 Å². The average molecular weight is 138 g/mol. The number of hydrogen-bond donors (Lipinski definition) is 0. The summed E-state index contributed by atoms with van der Waals surface area (Å²) in [6, 6.07) is 0. The van der Waals surface area contributed by atoms with Gasteiger partial charge in [-0.1, -0.05) is 0 Å². The number of nitrogens with zero attached hydrogens (tertiary/aromatic N) is 4. The van der Waals surface area contributed by atoms with Gasteiger partial charge in [-0.05, 0) is 0 Å². The quantitative estimate of drug-likeness (QED) is 0.414. The standard InChI is InChI=1S/C6H10N4/c1-6-8-2-7(1)3-9(6)5-10(6)4-8/h1-5H2. The van der Waals surface area contributed by atoms with E-state index in [1.54, 1.807) is 0 Å². The molecular weight excluding hydrogens is 128 g/mol. The van der Waals surface area contributed by atoms with Gasteiger partial charge in [-0.25, -0.2) is 14.7 Å². The van der Waals surface area contributed by atoms with Crippen LogP contribution in [0.25, 0.3) is 0 Å². The molecule has 4 aliphatic rings. The molecule has 4 heterocycles. The van der Waals surface area contributed by atoms with Gasteiger partial charge in [0.05, 0.1) is 26.7 Å². The van der Waals surface area contributed by atoms with E-state index >= 15 is 0 Å². The van der Waals surface area contributed by atoms with Gasteiger partial charge in [0, 0.05) is 6.54 Å². The Morgan fingerprint density at radius 2 is 1.40 bits per heavy atom. The van der Waals surface area contributed by atoms with Crippen LogP contribution in [0.2, 0.25) is 0 Å². The normalized spacial score (nSPS) is 58.2. The molecule has 4 fully saturated rings. The summed E-state index contributed by atoms with van der Waals surface area (Å²) in [5.41, 5.74) is 0. The summed E-state index contributed by atoms with van der Waals surface area (Å²) in [5.74, 6) is 0.431. The van der Waals surface area contributed by atoms with Crippen LogP contribution in [0.3, 0.4) is 0 Å². The zero-order chi connectivity index (χ0) is 6.34. The maximum atomic E-state index is 2.56. The first-order chi connectivity index (χ1) is 4.89. The lowest BCUT2D eigenvalue weighted by molar-refractivity contribution is -0.351. The van der Waals surface area contributed by atoms with E-state index < -0.39 is 0 Å². The summed E-state index contributed by atoms with van der Waals surface area (Å²) in [5, 5.41) is 0. The van der Waals surface area contributed by atoms with Crippen molar-refractivity contribution in [1.29, 1.82) is 0 Å². The SMILES string of the molecule is C1N2CN3CN4CN1C34C2. The average Bonchev–Trinajstić information content (AvgIpc) is 2.32. The van der Waals surface area contributed by atoms with Crippen molar-refractivity contribution in [2.75, 3.05) is 33.2 Å². The van der Waals surface area contributed by atoms with E-state index in [0.717, 1.165) is 0 Å². The van der Waals surface area contributed by atoms with Gasteiger partial charge in [0.15, 0.2) is 5.79 Å². The third-order valence-corrected chi connectivity index (χ3v) is 3.38. The Labute approximate surface area is 59.6 Å². The van der Waals surface area contributed by atoms with Crippen LogP contribution in [0.1, 0.15) is 0 Å². The zero-order valence-electron chi connectivity index (χ0n) is 5.82. The van der Waals surface area contributed by atoms with Gasteiger partial charge in [0.2, 0.25) is 0 Å². The van der Waals surface area contributed by atoms with Crippen LogP contribution < -0.4 is 0 Å². The molecule has 54 valence electrons. The van der Waals surface area contributed by atoms with Crippen LogP contribution in [0.5, 0.6) is 0 Å². The van der Waals surface area contributed by atoms with E-state index in [1.165, 1.54) is 33.2 Å². The first-order valence-electron chi connectivity index (χ1n) is 3.87. The molecule has 10 heavy (non-hydrogen) atoms. The predicted octanol–water partition coefficient (Wildman–Crippen LogP) is -1.27. The van der Waals surface area contributed by atoms with Crippen LogP contribution >= 0.6 is 0 Å². The Morgan fingerprint density at radius 1 is 0.800 bits per heavy atom. The van der Waals surface area contributed by atoms with E-state index in [4.69, 9.17) is 0 Å². The van der Waals surface area contributed by atoms with E-state index in [1.807, 2.05) is 0 Å². The molecule has 0 aromatic heterocycles. The highest BCUT2D eigenvalue weighted by atomic mass is 15.9. The lowest BCUT2D eigenvalue weighted by Crippen LogP contribution is -2.88. The topological polar surface area (TPSA) is 13.0 Å². The largest absolute Gasteiger partial charge is 0.273 e. The Balaban J connectivity index is 1.91. The van der Waals surface area contributed by atoms with Gasteiger partial charge in [-0.3, -0.25) is 4.90 Å². The summed E-state index contributed by atoms with van der Waals surface area (Å²) >= 11 is 0. The van der Waals surface area contributed by atoms with Crippen molar-refractivity contribution in [3.63, 3.8) is 0 Å². The third kappa shape index (κ3) is 0.243. The highest BCUT2D eigenvalue weighted by molar-refractivity contribution is 5.14. The second-order valence-electron chi connectivity index (χ2n) is 3.79. The first-order valence-corrected chi connectivity index (χ1v) is 3.87. The number of fused-ring (bicyclic) bond motifs is 1. The second-order valence-corrected chi connectivity index (χ2v) is 3.79. The summed E-state index contributed by atoms with van der Waals surface area (Å²) in [4.78, 5) is 10.2. The van der Waals surface area contributed by atoms with Gasteiger partial charge in [-0.2, -0.15) is 0 Å². The monoisotopic (exact) mass is 138 g/mol. The molecule has 0 saturated carbocycles. The Morgan fingerprint density at radius 3 is 1.80 bits per heavy atom. The minimum absolute atomic E-state index is 0.431. The van der Waals surface area contributed by atoms with Crippen molar-refractivity contribution in [3.05, 3.63) is 0 Å². The van der Waals surface area contributed by atoms with Crippen molar-refractivity contribution >= 4 is 0 Å². The fourth-order valence-electron chi connectivity index (χ4n) is 2.90. The van der Waals surface area contributed by atoms with Crippen LogP contribution in [-0.4, -0.2) is 58.6 Å². The van der Waals surface area contributed by atoms with E-state index in [-0.39, 0.29) is 0 Å². The van der Waals surface area contributed by atoms with Gasteiger partial charge in [0.1, 0.15) is 0 Å². The molecule has 4 heteroatoms. The molecule has 4 saturated heterocycles. The highest BCUT2D eigenvalue weighted by Gasteiger charge is 2.71. The molecule has 0 amide bonds. The number of rotatable bonds is 0. The first kappa shape index (κ1) is 4.66. The Kier molecular flexibility index (Phi) is 0.486. The van der Waals surface area contributed by atoms with Gasteiger partial charge in [0.25, 0.3) is 0 Å². The summed E-state index contributed by atoms with van der Waals surface area (Å²) in [6.07, 6.45) is 0. The molecule has 0 N–H and O–H groups in total. The molecule has 1 spiro atoms. The maximum absolute atomic E-state index is 2.56. The molecule has 0 aromatic rings. The smallest absolute Gasteiger partial charge is 0.150 e. The predicted molar refractivity (Wildman–Crippen MR) is 34.4 cm³/mol. The summed E-state index contributed by atoms with van der Waals surface area (Å²) in [7, 11) is 0. The molecule has 4 nitrogen and oxygen atoms in total. The van der Waals surface area contributed by atoms with Crippen LogP contribution in [0.15, 0.2) is 0 Å². The highest BCUT2D eigenvalue weighted by Crippen LogP contribution is 2.50. The molecule has 0 radical (unpaired) electrons. The second kappa shape index (κ2) is 1.04. The van der Waals surface area contributed by atoms with Crippen LogP contribution in [0.4, 0.5) is 0 Å². The fourth-order valence-corrected chi connectivity index (χ4v) is 2.90. The van der Waals surface area contributed by atoms with Gasteiger partial charge < -0.3 is 0 Å². The molecule has 4 aliphatic heterocycles. The fraction of sp³-hybridized carbons (Fsp3) is 1.00. The van der Waals surface area contributed by atoms with E-state index in [0.29, 0.717) is 5.79 Å². The molecule has 0 atom stereocenters. The molecule has 0 aromatic carbocycles. The van der Waals surface area contributed by atoms with Crippen molar-refractivity contribution in [3.8, 4) is 0 Å². The van der Waals surface area contributed by atoms with Crippen LogP contribution in [0, 0.1) is 0 Å². The van der Waals surface area contributed by atoms with Crippen molar-refractivity contribution in [2.45, 2.75) is 5.79 Å². The van der Waals surface area contributed by atoms with Crippen LogP contribution in [-0.2, 0) is 0 Å². The van der Waals surface area contributed by atoms with Gasteiger partial charge >= 0.3 is 0 Å². The van der Waals surface area contributed by atoms with E-state index in [9.17, 15) is 0 Å². The number of hydrogen-bond acceptors (Lipinski definition) is 4. The maximum Gasteiger partial charge on any atom is 0.150 e.